The molecule has 0 unspecified atom stereocenters. The lowest BCUT2D eigenvalue weighted by molar-refractivity contribution is 0.112. The second kappa shape index (κ2) is 3.47. The van der Waals surface area contributed by atoms with E-state index in [1.165, 1.54) is 6.07 Å². The van der Waals surface area contributed by atoms with Crippen LogP contribution >= 0.6 is 11.6 Å². The van der Waals surface area contributed by atoms with Crippen molar-refractivity contribution in [3.05, 3.63) is 45.0 Å². The van der Waals surface area contributed by atoms with E-state index in [0.717, 1.165) is 12.1 Å². The van der Waals surface area contributed by atoms with Crippen LogP contribution in [-0.2, 0) is 0 Å². The standard InChI is InChI=1S/C10H4ClFO3/c11-9-6-3-5(12)1-2-8(6)15-10(14)7(9)4-13/h1-4H. The fraction of sp³-hybridized carbons (Fsp3) is 0. The third-order valence-electron chi connectivity index (χ3n) is 1.95. The topological polar surface area (TPSA) is 47.3 Å². The molecule has 0 aliphatic rings. The summed E-state index contributed by atoms with van der Waals surface area (Å²) in [5.41, 5.74) is -0.971. The van der Waals surface area contributed by atoms with Gasteiger partial charge in [-0.05, 0) is 18.2 Å². The number of fused-ring (bicyclic) bond motifs is 1. The number of carbonyl (C=O) groups excluding carboxylic acids is 1. The van der Waals surface area contributed by atoms with Crippen molar-refractivity contribution in [1.29, 1.82) is 0 Å². The first-order chi connectivity index (χ1) is 7.13. The highest BCUT2D eigenvalue weighted by Crippen LogP contribution is 2.24. The molecule has 5 heteroatoms. The predicted molar refractivity (Wildman–Crippen MR) is 52.8 cm³/mol. The Hall–Kier alpha value is -1.68. The number of halogens is 2. The highest BCUT2D eigenvalue weighted by Gasteiger charge is 2.12. The molecule has 0 aliphatic carbocycles. The Balaban J connectivity index is 2.98. The number of carbonyl (C=O) groups is 1. The minimum atomic E-state index is -0.825. The molecule has 0 spiro atoms. The summed E-state index contributed by atoms with van der Waals surface area (Å²) in [6, 6.07) is 3.53. The molecule has 0 aliphatic heterocycles. The van der Waals surface area contributed by atoms with E-state index in [2.05, 4.69) is 0 Å². The van der Waals surface area contributed by atoms with Gasteiger partial charge in [-0.25, -0.2) is 9.18 Å². The van der Waals surface area contributed by atoms with Crippen LogP contribution in [0.3, 0.4) is 0 Å². The first kappa shape index (κ1) is 9.86. The summed E-state index contributed by atoms with van der Waals surface area (Å²) in [4.78, 5) is 21.7. The summed E-state index contributed by atoms with van der Waals surface area (Å²) in [7, 11) is 0. The SMILES string of the molecule is O=Cc1c(Cl)c2cc(F)ccc2oc1=O. The van der Waals surface area contributed by atoms with Crippen LogP contribution in [0.25, 0.3) is 11.0 Å². The van der Waals surface area contributed by atoms with E-state index in [1.54, 1.807) is 0 Å². The van der Waals surface area contributed by atoms with Gasteiger partial charge >= 0.3 is 5.63 Å². The molecule has 0 atom stereocenters. The van der Waals surface area contributed by atoms with Crippen molar-refractivity contribution in [1.82, 2.24) is 0 Å². The van der Waals surface area contributed by atoms with E-state index in [-0.39, 0.29) is 21.6 Å². The monoisotopic (exact) mass is 226 g/mol. The number of benzene rings is 1. The Labute approximate surface area is 88.1 Å². The molecule has 2 aromatic rings. The lowest BCUT2D eigenvalue weighted by Gasteiger charge is -2.00. The summed E-state index contributed by atoms with van der Waals surface area (Å²) < 4.78 is 17.7. The molecule has 2 rings (SSSR count). The fourth-order valence-corrected chi connectivity index (χ4v) is 1.52. The third-order valence-corrected chi connectivity index (χ3v) is 2.36. The number of hydrogen-bond donors (Lipinski definition) is 0. The van der Waals surface area contributed by atoms with E-state index < -0.39 is 11.4 Å². The maximum atomic E-state index is 12.9. The van der Waals surface area contributed by atoms with Crippen LogP contribution in [0.15, 0.2) is 27.4 Å². The minimum absolute atomic E-state index is 0.0873. The highest BCUT2D eigenvalue weighted by molar-refractivity contribution is 6.37. The van der Waals surface area contributed by atoms with Gasteiger partial charge in [-0.15, -0.1) is 0 Å². The predicted octanol–water partition coefficient (Wildman–Crippen LogP) is 2.40. The average Bonchev–Trinajstić information content (AvgIpc) is 2.20. The third kappa shape index (κ3) is 1.53. The van der Waals surface area contributed by atoms with Gasteiger partial charge in [-0.3, -0.25) is 4.79 Å². The largest absolute Gasteiger partial charge is 0.422 e. The Morgan fingerprint density at radius 2 is 2.13 bits per heavy atom. The molecule has 3 nitrogen and oxygen atoms in total. The zero-order valence-corrected chi connectivity index (χ0v) is 8.05. The molecule has 0 saturated heterocycles. The van der Waals surface area contributed by atoms with Gasteiger partial charge < -0.3 is 4.42 Å². The van der Waals surface area contributed by atoms with Gasteiger partial charge in [0.05, 0.1) is 5.02 Å². The molecule has 0 radical (unpaired) electrons. The first-order valence-corrected chi connectivity index (χ1v) is 4.38. The Bertz CT molecular complexity index is 603. The molecular weight excluding hydrogens is 223 g/mol. The van der Waals surface area contributed by atoms with E-state index in [4.69, 9.17) is 16.0 Å². The summed E-state index contributed by atoms with van der Waals surface area (Å²) >= 11 is 5.76. The van der Waals surface area contributed by atoms with Crippen LogP contribution in [0.4, 0.5) is 4.39 Å². The van der Waals surface area contributed by atoms with Crippen molar-refractivity contribution in [2.75, 3.05) is 0 Å². The molecule has 0 fully saturated rings. The fourth-order valence-electron chi connectivity index (χ4n) is 1.25. The van der Waals surface area contributed by atoms with Crippen molar-refractivity contribution in [3.63, 3.8) is 0 Å². The molecular formula is C10H4ClFO3. The number of hydrogen-bond acceptors (Lipinski definition) is 3. The van der Waals surface area contributed by atoms with Gasteiger partial charge in [0, 0.05) is 5.39 Å². The van der Waals surface area contributed by atoms with Gasteiger partial charge in [-0.1, -0.05) is 11.6 Å². The van der Waals surface area contributed by atoms with Crippen LogP contribution in [0.2, 0.25) is 5.02 Å². The molecule has 76 valence electrons. The van der Waals surface area contributed by atoms with Crippen LogP contribution in [0.1, 0.15) is 10.4 Å². The summed E-state index contributed by atoms with van der Waals surface area (Å²) in [5, 5.41) is 0.120. The van der Waals surface area contributed by atoms with Crippen molar-refractivity contribution >= 4 is 28.9 Å². The molecule has 0 saturated carbocycles. The van der Waals surface area contributed by atoms with Gasteiger partial charge in [0.1, 0.15) is 17.0 Å². The van der Waals surface area contributed by atoms with Crippen molar-refractivity contribution in [2.24, 2.45) is 0 Å². The van der Waals surface area contributed by atoms with E-state index in [0.29, 0.717) is 6.29 Å². The molecule has 0 bridgehead atoms. The minimum Gasteiger partial charge on any atom is -0.422 e. The molecule has 1 heterocycles. The quantitative estimate of drug-likeness (QED) is 0.554. The Morgan fingerprint density at radius 3 is 2.80 bits per heavy atom. The Kier molecular flexibility index (Phi) is 2.28. The lowest BCUT2D eigenvalue weighted by atomic mass is 10.2. The second-order valence-electron chi connectivity index (χ2n) is 2.88. The zero-order chi connectivity index (χ0) is 11.0. The summed E-state index contributed by atoms with van der Waals surface area (Å²) in [6.07, 6.45) is 0.290. The molecule has 1 aromatic carbocycles. The van der Waals surface area contributed by atoms with Crippen LogP contribution < -0.4 is 5.63 Å². The van der Waals surface area contributed by atoms with E-state index >= 15 is 0 Å². The van der Waals surface area contributed by atoms with Gasteiger partial charge in [0.15, 0.2) is 6.29 Å². The second-order valence-corrected chi connectivity index (χ2v) is 3.25. The molecule has 0 N–H and O–H groups in total. The summed E-state index contributed by atoms with van der Waals surface area (Å²) in [6.45, 7) is 0. The van der Waals surface area contributed by atoms with E-state index in [1.807, 2.05) is 0 Å². The highest BCUT2D eigenvalue weighted by atomic mass is 35.5. The molecule has 1 aromatic heterocycles. The first-order valence-electron chi connectivity index (χ1n) is 4.00. The lowest BCUT2D eigenvalue weighted by Crippen LogP contribution is -2.07. The van der Waals surface area contributed by atoms with Crippen LogP contribution in [-0.4, -0.2) is 6.29 Å². The van der Waals surface area contributed by atoms with Gasteiger partial charge in [-0.2, -0.15) is 0 Å². The van der Waals surface area contributed by atoms with Crippen LogP contribution in [0, 0.1) is 5.82 Å². The maximum absolute atomic E-state index is 12.9. The van der Waals surface area contributed by atoms with E-state index in [9.17, 15) is 14.0 Å². The molecule has 15 heavy (non-hydrogen) atoms. The molecule has 0 amide bonds. The smallest absolute Gasteiger partial charge is 0.348 e. The Morgan fingerprint density at radius 1 is 1.40 bits per heavy atom. The van der Waals surface area contributed by atoms with Crippen LogP contribution in [0.5, 0.6) is 0 Å². The van der Waals surface area contributed by atoms with Crippen molar-refractivity contribution in [3.8, 4) is 0 Å². The zero-order valence-electron chi connectivity index (χ0n) is 7.29. The number of rotatable bonds is 1. The number of aldehydes is 1. The maximum Gasteiger partial charge on any atom is 0.348 e. The summed E-state index contributed by atoms with van der Waals surface area (Å²) in [5.74, 6) is -0.518. The van der Waals surface area contributed by atoms with Gasteiger partial charge in [0.2, 0.25) is 0 Å². The van der Waals surface area contributed by atoms with Gasteiger partial charge in [0.25, 0.3) is 0 Å². The van der Waals surface area contributed by atoms with Crippen molar-refractivity contribution < 1.29 is 13.6 Å². The van der Waals surface area contributed by atoms with Crippen molar-refractivity contribution in [2.45, 2.75) is 0 Å². The average molecular weight is 227 g/mol. The normalized spacial score (nSPS) is 10.5.